The van der Waals surface area contributed by atoms with Crippen LogP contribution in [0.4, 0.5) is 10.5 Å². The van der Waals surface area contributed by atoms with Crippen molar-refractivity contribution in [1.29, 1.82) is 0 Å². The summed E-state index contributed by atoms with van der Waals surface area (Å²) in [5.74, 6) is -0.477. The van der Waals surface area contributed by atoms with E-state index in [1.165, 1.54) is 33.5 Å². The predicted molar refractivity (Wildman–Crippen MR) is 123 cm³/mol. The van der Waals surface area contributed by atoms with Crippen molar-refractivity contribution < 1.29 is 22.8 Å². The van der Waals surface area contributed by atoms with Crippen LogP contribution in [0.3, 0.4) is 0 Å². The number of nitrogens with zero attached hydrogens (tertiary/aromatic N) is 3. The van der Waals surface area contributed by atoms with Crippen LogP contribution in [0.1, 0.15) is 51.9 Å². The van der Waals surface area contributed by atoms with E-state index >= 15 is 0 Å². The summed E-state index contributed by atoms with van der Waals surface area (Å²) < 4.78 is 27.3. The van der Waals surface area contributed by atoms with Crippen molar-refractivity contribution in [2.45, 2.75) is 62.3 Å². The van der Waals surface area contributed by atoms with Crippen LogP contribution in [0.15, 0.2) is 29.2 Å². The first-order valence-electron chi connectivity index (χ1n) is 11.6. The number of likely N-dealkylation sites (N-methyl/N-ethyl adjacent to an activating group) is 1. The van der Waals surface area contributed by atoms with Crippen LogP contribution < -0.4 is 5.32 Å². The summed E-state index contributed by atoms with van der Waals surface area (Å²) >= 11 is 0. The van der Waals surface area contributed by atoms with E-state index in [9.17, 15) is 22.8 Å². The molecule has 1 unspecified atom stereocenters. The molecule has 1 spiro atoms. The van der Waals surface area contributed by atoms with Crippen LogP contribution in [0.5, 0.6) is 0 Å². The van der Waals surface area contributed by atoms with E-state index in [0.717, 1.165) is 37.0 Å². The monoisotopic (exact) mass is 476 g/mol. The smallest absolute Gasteiger partial charge is 0.325 e. The van der Waals surface area contributed by atoms with Gasteiger partial charge in [0.2, 0.25) is 15.9 Å². The Morgan fingerprint density at radius 2 is 1.76 bits per heavy atom. The van der Waals surface area contributed by atoms with Crippen molar-refractivity contribution in [3.63, 3.8) is 0 Å². The zero-order chi connectivity index (χ0) is 23.8. The van der Waals surface area contributed by atoms with E-state index in [-0.39, 0.29) is 17.3 Å². The van der Waals surface area contributed by atoms with Gasteiger partial charge in [-0.05, 0) is 55.9 Å². The lowest BCUT2D eigenvalue weighted by Gasteiger charge is -2.35. The van der Waals surface area contributed by atoms with Gasteiger partial charge in [-0.1, -0.05) is 26.2 Å². The maximum Gasteiger partial charge on any atom is 0.327 e. The quantitative estimate of drug-likeness (QED) is 0.658. The fourth-order valence-corrected chi connectivity index (χ4v) is 6.84. The van der Waals surface area contributed by atoms with Gasteiger partial charge in [-0.15, -0.1) is 0 Å². The SMILES string of the molecule is CC1CCCN(S(=O)(=O)c2ccc(NC(=O)CN3C(=O)N(C)C4(CCCCC4)C3=O)cc2)C1. The molecule has 0 radical (unpaired) electrons. The normalized spacial score (nSPS) is 23.9. The van der Waals surface area contributed by atoms with Crippen molar-refractivity contribution in [3.8, 4) is 0 Å². The number of imide groups is 1. The van der Waals surface area contributed by atoms with Gasteiger partial charge in [0.25, 0.3) is 5.91 Å². The van der Waals surface area contributed by atoms with E-state index in [1.807, 2.05) is 6.92 Å². The lowest BCUT2D eigenvalue weighted by Crippen LogP contribution is -2.49. The number of urea groups is 1. The zero-order valence-corrected chi connectivity index (χ0v) is 20.1. The van der Waals surface area contributed by atoms with Gasteiger partial charge in [-0.3, -0.25) is 14.5 Å². The second-order valence-corrected chi connectivity index (χ2v) is 11.4. The Bertz CT molecular complexity index is 1030. The lowest BCUT2D eigenvalue weighted by atomic mass is 9.81. The molecule has 1 N–H and O–H groups in total. The molecule has 4 rings (SSSR count). The van der Waals surface area contributed by atoms with Gasteiger partial charge in [0.05, 0.1) is 4.90 Å². The molecule has 1 aromatic carbocycles. The molecule has 2 aliphatic heterocycles. The molecular formula is C23H32N4O5S. The van der Waals surface area contributed by atoms with E-state index in [1.54, 1.807) is 7.05 Å². The zero-order valence-electron chi connectivity index (χ0n) is 19.2. The highest BCUT2D eigenvalue weighted by Gasteiger charge is 2.55. The van der Waals surface area contributed by atoms with Crippen molar-refractivity contribution in [2.24, 2.45) is 5.92 Å². The first-order chi connectivity index (χ1) is 15.6. The van der Waals surface area contributed by atoms with Crippen LogP contribution in [0, 0.1) is 5.92 Å². The average Bonchev–Trinajstić information content (AvgIpc) is 2.96. The first kappa shape index (κ1) is 23.7. The number of hydrogen-bond acceptors (Lipinski definition) is 5. The van der Waals surface area contributed by atoms with Gasteiger partial charge in [-0.2, -0.15) is 4.31 Å². The van der Waals surface area contributed by atoms with E-state index in [0.29, 0.717) is 37.5 Å². The third-order valence-corrected chi connectivity index (χ3v) is 9.06. The molecular weight excluding hydrogens is 444 g/mol. The average molecular weight is 477 g/mol. The largest absolute Gasteiger partial charge is 0.327 e. The molecule has 33 heavy (non-hydrogen) atoms. The fraction of sp³-hybridized carbons (Fsp3) is 0.609. The standard InChI is InChI=1S/C23H32N4O5S/c1-17-7-6-14-26(15-17)33(31,32)19-10-8-18(9-11-19)24-20(28)16-27-21(29)23(25(2)22(27)30)12-4-3-5-13-23/h8-11,17H,3-7,12-16H2,1-2H3,(H,24,28). The molecule has 1 aromatic rings. The fourth-order valence-electron chi connectivity index (χ4n) is 5.24. The van der Waals surface area contributed by atoms with E-state index < -0.39 is 27.5 Å². The number of hydrogen-bond donors (Lipinski definition) is 1. The maximum absolute atomic E-state index is 13.0. The van der Waals surface area contributed by atoms with Gasteiger partial charge in [0.1, 0.15) is 12.1 Å². The molecule has 180 valence electrons. The molecule has 2 heterocycles. The molecule has 4 amide bonds. The Morgan fingerprint density at radius 3 is 2.39 bits per heavy atom. The molecule has 1 aliphatic carbocycles. The third-order valence-electron chi connectivity index (χ3n) is 7.18. The number of piperidine rings is 1. The van der Waals surface area contributed by atoms with Gasteiger partial charge in [0, 0.05) is 25.8 Å². The second kappa shape index (κ2) is 9.06. The number of carbonyl (C=O) groups excluding carboxylic acids is 3. The van der Waals surface area contributed by atoms with Crippen LogP contribution >= 0.6 is 0 Å². The van der Waals surface area contributed by atoms with Crippen LogP contribution in [0.25, 0.3) is 0 Å². The summed E-state index contributed by atoms with van der Waals surface area (Å²) in [6.07, 6.45) is 5.93. The number of anilines is 1. The maximum atomic E-state index is 13.0. The molecule has 9 nitrogen and oxygen atoms in total. The second-order valence-electron chi connectivity index (χ2n) is 9.51. The third kappa shape index (κ3) is 4.38. The summed E-state index contributed by atoms with van der Waals surface area (Å²) in [5.41, 5.74) is -0.414. The summed E-state index contributed by atoms with van der Waals surface area (Å²) in [4.78, 5) is 41.0. The topological polar surface area (TPSA) is 107 Å². The minimum absolute atomic E-state index is 0.181. The molecule has 0 aromatic heterocycles. The summed E-state index contributed by atoms with van der Waals surface area (Å²) in [6, 6.07) is 5.55. The first-order valence-corrected chi connectivity index (χ1v) is 13.1. The molecule has 1 atom stereocenters. The Morgan fingerprint density at radius 1 is 1.09 bits per heavy atom. The minimum Gasteiger partial charge on any atom is -0.325 e. The number of rotatable bonds is 5. The highest BCUT2D eigenvalue weighted by molar-refractivity contribution is 7.89. The molecule has 2 saturated heterocycles. The highest BCUT2D eigenvalue weighted by Crippen LogP contribution is 2.39. The molecule has 10 heteroatoms. The van der Waals surface area contributed by atoms with Crippen molar-refractivity contribution in [1.82, 2.24) is 14.1 Å². The number of nitrogens with one attached hydrogen (secondary N) is 1. The van der Waals surface area contributed by atoms with Gasteiger partial charge >= 0.3 is 6.03 Å². The van der Waals surface area contributed by atoms with Gasteiger partial charge in [0.15, 0.2) is 0 Å². The molecule has 0 bridgehead atoms. The minimum atomic E-state index is -3.58. The van der Waals surface area contributed by atoms with Crippen LogP contribution in [-0.2, 0) is 19.6 Å². The van der Waals surface area contributed by atoms with E-state index in [2.05, 4.69) is 5.32 Å². The lowest BCUT2D eigenvalue weighted by molar-refractivity contribution is -0.136. The summed E-state index contributed by atoms with van der Waals surface area (Å²) in [7, 11) is -1.95. The Labute approximate surface area is 195 Å². The Hall–Kier alpha value is -2.46. The number of sulfonamides is 1. The molecule has 1 saturated carbocycles. The number of benzene rings is 1. The Balaban J connectivity index is 1.40. The predicted octanol–water partition coefficient (Wildman–Crippen LogP) is 2.64. The van der Waals surface area contributed by atoms with Crippen molar-refractivity contribution in [2.75, 3.05) is 32.0 Å². The molecule has 3 fully saturated rings. The highest BCUT2D eigenvalue weighted by atomic mass is 32.2. The summed E-state index contributed by atoms with van der Waals surface area (Å²) in [5, 5.41) is 2.67. The number of amides is 4. The van der Waals surface area contributed by atoms with Crippen LogP contribution in [0.2, 0.25) is 0 Å². The van der Waals surface area contributed by atoms with Crippen LogP contribution in [-0.4, -0.2) is 72.6 Å². The molecule has 3 aliphatic rings. The van der Waals surface area contributed by atoms with Crippen molar-refractivity contribution >= 4 is 33.6 Å². The summed E-state index contributed by atoms with van der Waals surface area (Å²) in [6.45, 7) is 2.70. The number of carbonyl (C=O) groups is 3. The van der Waals surface area contributed by atoms with Gasteiger partial charge < -0.3 is 10.2 Å². The van der Waals surface area contributed by atoms with Crippen molar-refractivity contribution in [3.05, 3.63) is 24.3 Å². The van der Waals surface area contributed by atoms with Gasteiger partial charge in [-0.25, -0.2) is 13.2 Å². The Kier molecular flexibility index (Phi) is 6.50. The van der Waals surface area contributed by atoms with E-state index in [4.69, 9.17) is 0 Å².